The number of aliphatic hydroxyl groups is 9. The van der Waals surface area contributed by atoms with E-state index in [2.05, 4.69) is 0 Å². The summed E-state index contributed by atoms with van der Waals surface area (Å²) in [6, 6.07) is 0. The van der Waals surface area contributed by atoms with Crippen LogP contribution in [0.3, 0.4) is 0 Å². The largest absolute Gasteiger partial charge is 0.472 e. The van der Waals surface area contributed by atoms with Crippen LogP contribution in [0.25, 0.3) is 0 Å². The summed E-state index contributed by atoms with van der Waals surface area (Å²) >= 11 is 0. The molecule has 5 rings (SSSR count). The molecule has 4 heterocycles. The van der Waals surface area contributed by atoms with Gasteiger partial charge in [-0.2, -0.15) is 0 Å². The summed E-state index contributed by atoms with van der Waals surface area (Å²) in [5, 5.41) is 89.9. The molecule has 4 fully saturated rings. The SMILES string of the molecule is OCC1OC(OC2OC=CC3C(OC4OC(CO)C(O)C(O)C4O)C4OC4(CO)C23)C(O)C(O)C1O. The van der Waals surface area contributed by atoms with Gasteiger partial charge in [-0.25, -0.2) is 0 Å². The molecular weight excluding hydrogens is 492 g/mol. The van der Waals surface area contributed by atoms with E-state index in [1.54, 1.807) is 6.08 Å². The van der Waals surface area contributed by atoms with Gasteiger partial charge in [0.15, 0.2) is 12.6 Å². The Bertz CT molecular complexity index is 810. The van der Waals surface area contributed by atoms with Crippen molar-refractivity contribution in [3.63, 3.8) is 0 Å². The average Bonchev–Trinajstić information content (AvgIpc) is 3.56. The highest BCUT2D eigenvalue weighted by Crippen LogP contribution is 2.61. The lowest BCUT2D eigenvalue weighted by Gasteiger charge is -2.44. The van der Waals surface area contributed by atoms with Crippen molar-refractivity contribution >= 4 is 0 Å². The third-order valence-electron chi connectivity index (χ3n) is 7.74. The Morgan fingerprint density at radius 1 is 0.694 bits per heavy atom. The van der Waals surface area contributed by atoms with Crippen molar-refractivity contribution in [3.8, 4) is 0 Å². The van der Waals surface area contributed by atoms with Crippen LogP contribution in [-0.2, 0) is 28.4 Å². The van der Waals surface area contributed by atoms with Crippen LogP contribution in [0.15, 0.2) is 12.3 Å². The minimum atomic E-state index is -1.68. The van der Waals surface area contributed by atoms with E-state index in [1.807, 2.05) is 0 Å². The van der Waals surface area contributed by atoms with E-state index in [1.165, 1.54) is 6.26 Å². The fraction of sp³-hybridized carbons (Fsp3) is 0.905. The fourth-order valence-electron chi connectivity index (χ4n) is 5.64. The Hall–Kier alpha value is -1.02. The van der Waals surface area contributed by atoms with Gasteiger partial charge in [0.1, 0.15) is 60.5 Å². The fourth-order valence-corrected chi connectivity index (χ4v) is 5.64. The first-order chi connectivity index (χ1) is 17.2. The molecule has 9 N–H and O–H groups in total. The van der Waals surface area contributed by atoms with Crippen LogP contribution in [0.4, 0.5) is 0 Å². The van der Waals surface area contributed by atoms with Gasteiger partial charge in [0, 0.05) is 5.92 Å². The van der Waals surface area contributed by atoms with Gasteiger partial charge in [-0.05, 0) is 6.08 Å². The number of hydrogen-bond donors (Lipinski definition) is 9. The number of aliphatic hydroxyl groups excluding tert-OH is 9. The van der Waals surface area contributed by atoms with E-state index in [9.17, 15) is 46.0 Å². The van der Waals surface area contributed by atoms with Crippen molar-refractivity contribution in [1.82, 2.24) is 0 Å². The molecule has 4 aliphatic heterocycles. The van der Waals surface area contributed by atoms with Crippen LogP contribution in [0.5, 0.6) is 0 Å². The molecule has 0 spiro atoms. The molecule has 16 atom stereocenters. The predicted molar refractivity (Wildman–Crippen MR) is 109 cm³/mol. The van der Waals surface area contributed by atoms with Crippen LogP contribution >= 0.6 is 0 Å². The number of epoxide rings is 1. The molecular formula is C21H32O15. The zero-order valence-electron chi connectivity index (χ0n) is 18.9. The highest BCUT2D eigenvalue weighted by atomic mass is 16.8. The smallest absolute Gasteiger partial charge is 0.208 e. The maximum Gasteiger partial charge on any atom is 0.208 e. The van der Waals surface area contributed by atoms with E-state index >= 15 is 0 Å². The Balaban J connectivity index is 1.34. The van der Waals surface area contributed by atoms with E-state index in [-0.39, 0.29) is 0 Å². The standard InChI is InChI=1S/C21H32O15/c22-3-7-10(25)12(27)14(29)19(32-7)34-16-6-1-2-31-18(9(6)21(5-24)17(16)36-21)35-20-15(30)13(28)11(26)8(4-23)33-20/h1-2,6-20,22-30H,3-5H2. The Labute approximate surface area is 204 Å². The van der Waals surface area contributed by atoms with Crippen molar-refractivity contribution in [2.45, 2.75) is 85.5 Å². The number of rotatable bonds is 7. The van der Waals surface area contributed by atoms with Crippen molar-refractivity contribution in [3.05, 3.63) is 12.3 Å². The molecule has 0 aromatic carbocycles. The van der Waals surface area contributed by atoms with Crippen LogP contribution in [0, 0.1) is 11.8 Å². The van der Waals surface area contributed by atoms with Crippen molar-refractivity contribution in [1.29, 1.82) is 0 Å². The molecule has 5 aliphatic rings. The first-order valence-electron chi connectivity index (χ1n) is 11.7. The Morgan fingerprint density at radius 3 is 1.78 bits per heavy atom. The number of fused-ring (bicyclic) bond motifs is 3. The van der Waals surface area contributed by atoms with Crippen LogP contribution < -0.4 is 0 Å². The number of ether oxygens (including phenoxy) is 6. The van der Waals surface area contributed by atoms with Crippen molar-refractivity contribution < 1.29 is 74.4 Å². The van der Waals surface area contributed by atoms with E-state index in [4.69, 9.17) is 28.4 Å². The third kappa shape index (κ3) is 4.07. The first kappa shape index (κ1) is 26.6. The molecule has 15 nitrogen and oxygen atoms in total. The van der Waals surface area contributed by atoms with Crippen LogP contribution in [0.1, 0.15) is 0 Å². The first-order valence-corrected chi connectivity index (χ1v) is 11.7. The molecule has 0 bridgehead atoms. The minimum absolute atomic E-state index is 0.473. The molecule has 16 unspecified atom stereocenters. The zero-order valence-corrected chi connectivity index (χ0v) is 18.9. The molecule has 36 heavy (non-hydrogen) atoms. The second-order valence-electron chi connectivity index (χ2n) is 9.72. The quantitative estimate of drug-likeness (QED) is 0.141. The van der Waals surface area contributed by atoms with Gasteiger partial charge in [0.25, 0.3) is 0 Å². The maximum absolute atomic E-state index is 10.4. The molecule has 0 aromatic heterocycles. The molecule has 15 heteroatoms. The molecule has 1 saturated carbocycles. The third-order valence-corrected chi connectivity index (χ3v) is 7.74. The van der Waals surface area contributed by atoms with Gasteiger partial charge in [0.2, 0.25) is 6.29 Å². The number of hydrogen-bond acceptors (Lipinski definition) is 15. The average molecular weight is 524 g/mol. The minimum Gasteiger partial charge on any atom is -0.472 e. The summed E-state index contributed by atoms with van der Waals surface area (Å²) in [5.41, 5.74) is -1.20. The monoisotopic (exact) mass is 524 g/mol. The summed E-state index contributed by atoms with van der Waals surface area (Å²) in [6.45, 7) is -1.76. The summed E-state index contributed by atoms with van der Waals surface area (Å²) in [4.78, 5) is 0. The normalized spacial score (nSPS) is 56.1. The maximum atomic E-state index is 10.4. The molecule has 0 amide bonds. The lowest BCUT2D eigenvalue weighted by atomic mass is 9.85. The Kier molecular flexibility index (Phi) is 7.34. The zero-order chi connectivity index (χ0) is 25.9. The topological polar surface area (TPSA) is 241 Å². The van der Waals surface area contributed by atoms with Crippen LogP contribution in [-0.4, -0.2) is 151 Å². The lowest BCUT2D eigenvalue weighted by Crippen LogP contribution is -2.61. The Morgan fingerprint density at radius 2 is 1.25 bits per heavy atom. The van der Waals surface area contributed by atoms with E-state index < -0.39 is 117 Å². The highest BCUT2D eigenvalue weighted by molar-refractivity contribution is 5.25. The molecule has 206 valence electrons. The van der Waals surface area contributed by atoms with E-state index in [0.717, 1.165) is 0 Å². The summed E-state index contributed by atoms with van der Waals surface area (Å²) in [7, 11) is 0. The van der Waals surface area contributed by atoms with Crippen molar-refractivity contribution in [2.75, 3.05) is 19.8 Å². The second-order valence-corrected chi connectivity index (χ2v) is 9.72. The highest BCUT2D eigenvalue weighted by Gasteiger charge is 2.77. The van der Waals surface area contributed by atoms with Gasteiger partial charge < -0.3 is 74.4 Å². The molecule has 0 aromatic rings. The second kappa shape index (κ2) is 9.94. The lowest BCUT2D eigenvalue weighted by molar-refractivity contribution is -0.347. The van der Waals surface area contributed by atoms with Gasteiger partial charge in [-0.1, -0.05) is 0 Å². The van der Waals surface area contributed by atoms with Gasteiger partial charge in [-0.15, -0.1) is 0 Å². The molecule has 1 aliphatic carbocycles. The van der Waals surface area contributed by atoms with E-state index in [0.29, 0.717) is 0 Å². The molecule has 0 radical (unpaired) electrons. The summed E-state index contributed by atoms with van der Waals surface area (Å²) in [5.74, 6) is -1.29. The van der Waals surface area contributed by atoms with Gasteiger partial charge in [0.05, 0.1) is 38.1 Å². The van der Waals surface area contributed by atoms with Gasteiger partial charge >= 0.3 is 0 Å². The summed E-state index contributed by atoms with van der Waals surface area (Å²) in [6.07, 6.45) is -14.9. The van der Waals surface area contributed by atoms with Crippen LogP contribution in [0.2, 0.25) is 0 Å². The molecule has 3 saturated heterocycles. The van der Waals surface area contributed by atoms with Gasteiger partial charge in [-0.3, -0.25) is 0 Å². The predicted octanol–water partition coefficient (Wildman–Crippen LogP) is -5.77. The van der Waals surface area contributed by atoms with Crippen molar-refractivity contribution in [2.24, 2.45) is 11.8 Å². The summed E-state index contributed by atoms with van der Waals surface area (Å²) < 4.78 is 34.0.